The van der Waals surface area contributed by atoms with Crippen LogP contribution < -0.4 is 0 Å². The van der Waals surface area contributed by atoms with E-state index in [4.69, 9.17) is 4.74 Å². The largest absolute Gasteiger partial charge is 0.462 e. The van der Waals surface area contributed by atoms with Crippen LogP contribution in [0.25, 0.3) is 5.52 Å². The molecule has 1 aliphatic carbocycles. The van der Waals surface area contributed by atoms with Gasteiger partial charge in [0, 0.05) is 16.9 Å². The average Bonchev–Trinajstić information content (AvgIpc) is 3.11. The van der Waals surface area contributed by atoms with Gasteiger partial charge in [0.25, 0.3) is 0 Å². The molecular weight excluding hydrogens is 474 g/mol. The van der Waals surface area contributed by atoms with Gasteiger partial charge in [0.05, 0.1) is 28.8 Å². The Hall–Kier alpha value is -2.84. The second-order valence-corrected chi connectivity index (χ2v) is 9.03. The summed E-state index contributed by atoms with van der Waals surface area (Å²) in [6, 6.07) is 6.64. The summed E-state index contributed by atoms with van der Waals surface area (Å²) in [6.45, 7) is 1.30. The quantitative estimate of drug-likeness (QED) is 0.268. The fourth-order valence-electron chi connectivity index (χ4n) is 4.02. The maximum Gasteiger partial charge on any atom is 0.341 e. The number of fused-ring (bicyclic) bond motifs is 4. The number of pyridine rings is 2. The summed E-state index contributed by atoms with van der Waals surface area (Å²) in [5, 5.41) is 0. The topological polar surface area (TPSA) is 81.0 Å². The van der Waals surface area contributed by atoms with Gasteiger partial charge < -0.3 is 14.0 Å². The number of ether oxygens (including phenoxy) is 1. The number of rotatable bonds is 8. The highest BCUT2D eigenvalue weighted by Crippen LogP contribution is 2.34. The third-order valence-corrected chi connectivity index (χ3v) is 6.01. The van der Waals surface area contributed by atoms with Crippen LogP contribution in [0.15, 0.2) is 41.1 Å². The Bertz CT molecular complexity index is 1220. The fraction of sp³-hybridized carbons (Fsp3) is 0.333. The standard InChI is InChI=1S/C24H24BrN3O4/c1-27(2)12-5-3-4-6-13-32-24(31)18-17-10-9-15(25)14-28(17)21-19(18)22(29)16-8-7-11-26-20(16)23(21)30/h7-11,14H,3-6,12-13H2,1-2H3. The molecule has 0 saturated heterocycles. The lowest BCUT2D eigenvalue weighted by Crippen LogP contribution is -2.24. The number of halogens is 1. The molecule has 0 atom stereocenters. The van der Waals surface area contributed by atoms with Crippen LogP contribution in [0.5, 0.6) is 0 Å². The fourth-order valence-corrected chi connectivity index (χ4v) is 4.35. The van der Waals surface area contributed by atoms with E-state index >= 15 is 0 Å². The number of aromatic nitrogens is 2. The summed E-state index contributed by atoms with van der Waals surface area (Å²) >= 11 is 3.40. The Kier molecular flexibility index (Phi) is 6.53. The Balaban J connectivity index is 1.62. The van der Waals surface area contributed by atoms with Crippen molar-refractivity contribution in [2.24, 2.45) is 0 Å². The molecule has 32 heavy (non-hydrogen) atoms. The van der Waals surface area contributed by atoms with Gasteiger partial charge in [-0.3, -0.25) is 14.6 Å². The van der Waals surface area contributed by atoms with Gasteiger partial charge in [-0.1, -0.05) is 12.8 Å². The average molecular weight is 498 g/mol. The molecule has 3 aromatic rings. The first-order valence-electron chi connectivity index (χ1n) is 10.6. The minimum Gasteiger partial charge on any atom is -0.462 e. The normalized spacial score (nSPS) is 12.9. The zero-order valence-electron chi connectivity index (χ0n) is 18.1. The van der Waals surface area contributed by atoms with E-state index in [2.05, 4.69) is 25.8 Å². The molecule has 0 unspecified atom stereocenters. The third kappa shape index (κ3) is 4.12. The van der Waals surface area contributed by atoms with E-state index in [0.717, 1.165) is 32.2 Å². The molecule has 0 bridgehead atoms. The summed E-state index contributed by atoms with van der Waals surface area (Å²) in [4.78, 5) is 45.9. The van der Waals surface area contributed by atoms with Crippen LogP contribution in [-0.4, -0.2) is 59.1 Å². The number of unbranched alkanes of at least 4 members (excludes halogenated alkanes) is 3. The number of esters is 1. The monoisotopic (exact) mass is 497 g/mol. The van der Waals surface area contributed by atoms with E-state index in [1.54, 1.807) is 34.9 Å². The van der Waals surface area contributed by atoms with E-state index in [1.807, 2.05) is 14.1 Å². The lowest BCUT2D eigenvalue weighted by Gasteiger charge is -2.14. The first-order valence-corrected chi connectivity index (χ1v) is 11.4. The lowest BCUT2D eigenvalue weighted by molar-refractivity contribution is 0.0497. The van der Waals surface area contributed by atoms with Gasteiger partial charge >= 0.3 is 5.97 Å². The van der Waals surface area contributed by atoms with Crippen molar-refractivity contribution in [1.29, 1.82) is 0 Å². The zero-order chi connectivity index (χ0) is 22.8. The zero-order valence-corrected chi connectivity index (χ0v) is 19.6. The number of hydrogen-bond donors (Lipinski definition) is 0. The van der Waals surface area contributed by atoms with Gasteiger partial charge in [0.1, 0.15) is 11.4 Å². The van der Waals surface area contributed by atoms with Gasteiger partial charge in [-0.2, -0.15) is 0 Å². The van der Waals surface area contributed by atoms with Gasteiger partial charge in [-0.15, -0.1) is 0 Å². The van der Waals surface area contributed by atoms with Crippen molar-refractivity contribution in [2.75, 3.05) is 27.2 Å². The highest BCUT2D eigenvalue weighted by molar-refractivity contribution is 9.10. The Morgan fingerprint density at radius 1 is 1.09 bits per heavy atom. The van der Waals surface area contributed by atoms with Crippen LogP contribution in [0, 0.1) is 0 Å². The highest BCUT2D eigenvalue weighted by atomic mass is 79.9. The predicted molar refractivity (Wildman–Crippen MR) is 124 cm³/mol. The van der Waals surface area contributed by atoms with Crippen molar-refractivity contribution < 1.29 is 19.1 Å². The summed E-state index contributed by atoms with van der Waals surface area (Å²) in [5.74, 6) is -1.37. The molecule has 0 saturated carbocycles. The summed E-state index contributed by atoms with van der Waals surface area (Å²) in [6.07, 6.45) is 7.02. The molecule has 3 aromatic heterocycles. The molecule has 7 nitrogen and oxygen atoms in total. The van der Waals surface area contributed by atoms with E-state index in [0.29, 0.717) is 9.99 Å². The SMILES string of the molecule is CN(C)CCCCCCOC(=O)c1c2c(n3cc(Br)ccc13)C(=O)c1ncccc1C2=O. The number of carbonyl (C=O) groups is 3. The van der Waals surface area contributed by atoms with Crippen LogP contribution >= 0.6 is 15.9 Å². The van der Waals surface area contributed by atoms with E-state index < -0.39 is 11.8 Å². The van der Waals surface area contributed by atoms with Crippen molar-refractivity contribution in [1.82, 2.24) is 14.3 Å². The molecule has 1 aliphatic rings. The smallest absolute Gasteiger partial charge is 0.341 e. The van der Waals surface area contributed by atoms with Crippen molar-refractivity contribution in [2.45, 2.75) is 25.7 Å². The van der Waals surface area contributed by atoms with Crippen LogP contribution in [0.2, 0.25) is 0 Å². The van der Waals surface area contributed by atoms with E-state index in [-0.39, 0.29) is 40.5 Å². The first-order chi connectivity index (χ1) is 15.4. The predicted octanol–water partition coefficient (Wildman–Crippen LogP) is 4.15. The number of ketones is 2. The molecule has 0 fully saturated rings. The molecule has 4 rings (SSSR count). The van der Waals surface area contributed by atoms with Crippen LogP contribution in [0.4, 0.5) is 0 Å². The molecule has 0 spiro atoms. The second kappa shape index (κ2) is 9.34. The maximum absolute atomic E-state index is 13.3. The maximum atomic E-state index is 13.3. The summed E-state index contributed by atoms with van der Waals surface area (Å²) in [5.41, 5.74) is 1.13. The van der Waals surface area contributed by atoms with Gasteiger partial charge in [-0.25, -0.2) is 4.79 Å². The minimum atomic E-state index is -0.590. The number of nitrogens with zero attached hydrogens (tertiary/aromatic N) is 3. The second-order valence-electron chi connectivity index (χ2n) is 8.11. The third-order valence-electron chi connectivity index (χ3n) is 5.54. The van der Waals surface area contributed by atoms with Crippen LogP contribution in [-0.2, 0) is 4.74 Å². The van der Waals surface area contributed by atoms with E-state index in [9.17, 15) is 14.4 Å². The summed E-state index contributed by atoms with van der Waals surface area (Å²) in [7, 11) is 4.09. The summed E-state index contributed by atoms with van der Waals surface area (Å²) < 4.78 is 7.83. The number of carbonyl (C=O) groups excluding carboxylic acids is 3. The lowest BCUT2D eigenvalue weighted by atomic mass is 9.89. The Morgan fingerprint density at radius 3 is 2.66 bits per heavy atom. The molecular formula is C24H24BrN3O4. The van der Waals surface area contributed by atoms with Crippen molar-refractivity contribution in [3.8, 4) is 0 Å². The molecule has 0 aliphatic heterocycles. The van der Waals surface area contributed by atoms with Crippen molar-refractivity contribution in [3.05, 3.63) is 69.2 Å². The number of hydrogen-bond acceptors (Lipinski definition) is 6. The molecule has 0 N–H and O–H groups in total. The van der Waals surface area contributed by atoms with Crippen molar-refractivity contribution in [3.63, 3.8) is 0 Å². The van der Waals surface area contributed by atoms with E-state index in [1.165, 1.54) is 6.20 Å². The first kappa shape index (κ1) is 22.4. The Labute approximate surface area is 194 Å². The molecule has 0 aromatic carbocycles. The van der Waals surface area contributed by atoms with Crippen molar-refractivity contribution >= 4 is 39.0 Å². The minimum absolute atomic E-state index is 0.0876. The molecule has 8 heteroatoms. The highest BCUT2D eigenvalue weighted by Gasteiger charge is 2.39. The molecule has 0 radical (unpaired) electrons. The van der Waals surface area contributed by atoms with Gasteiger partial charge in [0.15, 0.2) is 5.78 Å². The van der Waals surface area contributed by atoms with Gasteiger partial charge in [0.2, 0.25) is 5.78 Å². The molecule has 0 amide bonds. The van der Waals surface area contributed by atoms with Gasteiger partial charge in [-0.05, 0) is 73.7 Å². The van der Waals surface area contributed by atoms with Crippen LogP contribution in [0.3, 0.4) is 0 Å². The van der Waals surface area contributed by atoms with Crippen LogP contribution in [0.1, 0.15) is 68.1 Å². The molecule has 166 valence electrons. The Morgan fingerprint density at radius 2 is 1.88 bits per heavy atom. The molecule has 3 heterocycles.